The first kappa shape index (κ1) is 15.0. The van der Waals surface area contributed by atoms with Gasteiger partial charge in [0.15, 0.2) is 0 Å². The molecule has 0 aromatic heterocycles. The molecule has 0 bridgehead atoms. The zero-order valence-corrected chi connectivity index (χ0v) is 11.7. The smallest absolute Gasteiger partial charge is 0.119 e. The largest absolute Gasteiger partial charge is 0.494 e. The second-order valence-electron chi connectivity index (χ2n) is 4.34. The average molecular weight is 251 g/mol. The van der Waals surface area contributed by atoms with Crippen LogP contribution < -0.4 is 10.1 Å². The van der Waals surface area contributed by atoms with E-state index in [1.54, 1.807) is 0 Å². The number of nitrogens with one attached hydrogen (secondary N) is 1. The Balaban J connectivity index is 2.60. The van der Waals surface area contributed by atoms with E-state index < -0.39 is 0 Å². The molecule has 0 saturated heterocycles. The quantitative estimate of drug-likeness (QED) is 0.684. The van der Waals surface area contributed by atoms with Crippen molar-refractivity contribution in [3.8, 4) is 5.75 Å². The first-order valence-corrected chi connectivity index (χ1v) is 6.79. The predicted molar refractivity (Wildman–Crippen MR) is 75.1 cm³/mol. The summed E-state index contributed by atoms with van der Waals surface area (Å²) in [6.45, 7) is 6.50. The van der Waals surface area contributed by atoms with Crippen LogP contribution in [0.2, 0.25) is 0 Å². The molecule has 0 fully saturated rings. The maximum absolute atomic E-state index is 5.65. The molecule has 0 saturated carbocycles. The van der Waals surface area contributed by atoms with Gasteiger partial charge in [-0.05, 0) is 37.6 Å². The summed E-state index contributed by atoms with van der Waals surface area (Å²) >= 11 is 0. The highest BCUT2D eigenvalue weighted by Crippen LogP contribution is 2.19. The highest BCUT2D eigenvalue weighted by atomic mass is 16.5. The summed E-state index contributed by atoms with van der Waals surface area (Å²) in [4.78, 5) is 0. The van der Waals surface area contributed by atoms with E-state index in [2.05, 4.69) is 31.3 Å². The minimum Gasteiger partial charge on any atom is -0.494 e. The lowest BCUT2D eigenvalue weighted by molar-refractivity contribution is 0.114. The van der Waals surface area contributed by atoms with Crippen LogP contribution in [0, 0.1) is 0 Å². The van der Waals surface area contributed by atoms with Crippen molar-refractivity contribution in [2.45, 2.75) is 32.7 Å². The Labute approximate surface area is 110 Å². The third kappa shape index (κ3) is 5.07. The van der Waals surface area contributed by atoms with Crippen LogP contribution >= 0.6 is 0 Å². The Kier molecular flexibility index (Phi) is 7.46. The molecular formula is C15H25NO2. The number of likely N-dealkylation sites (N-methyl/N-ethyl adjacent to an activating group) is 1. The zero-order valence-electron chi connectivity index (χ0n) is 11.7. The van der Waals surface area contributed by atoms with Gasteiger partial charge in [0.25, 0.3) is 0 Å². The van der Waals surface area contributed by atoms with Crippen LogP contribution in [0.15, 0.2) is 24.3 Å². The van der Waals surface area contributed by atoms with Gasteiger partial charge in [0.1, 0.15) is 5.75 Å². The molecule has 18 heavy (non-hydrogen) atoms. The van der Waals surface area contributed by atoms with E-state index in [4.69, 9.17) is 9.47 Å². The van der Waals surface area contributed by atoms with Gasteiger partial charge in [-0.1, -0.05) is 26.0 Å². The van der Waals surface area contributed by atoms with Crippen molar-refractivity contribution in [1.82, 2.24) is 5.32 Å². The summed E-state index contributed by atoms with van der Waals surface area (Å²) < 4.78 is 11.3. The second kappa shape index (κ2) is 8.95. The van der Waals surface area contributed by atoms with Gasteiger partial charge in [-0.15, -0.1) is 0 Å². The fourth-order valence-corrected chi connectivity index (χ4v) is 1.73. The van der Waals surface area contributed by atoms with Crippen molar-refractivity contribution in [2.75, 3.05) is 26.9 Å². The topological polar surface area (TPSA) is 30.5 Å². The van der Waals surface area contributed by atoms with Gasteiger partial charge in [0.2, 0.25) is 0 Å². The molecule has 1 N–H and O–H groups in total. The minimum atomic E-state index is 0.224. The van der Waals surface area contributed by atoms with E-state index >= 15 is 0 Å². The minimum absolute atomic E-state index is 0.224. The summed E-state index contributed by atoms with van der Waals surface area (Å²) in [5.41, 5.74) is 1.21. The number of benzene rings is 1. The molecular weight excluding hydrogens is 226 g/mol. The van der Waals surface area contributed by atoms with Crippen LogP contribution in [0.1, 0.15) is 38.3 Å². The molecule has 3 nitrogen and oxygen atoms in total. The molecule has 1 aromatic rings. The summed E-state index contributed by atoms with van der Waals surface area (Å²) in [7, 11) is 1.96. The Hall–Kier alpha value is -1.06. The first-order chi connectivity index (χ1) is 8.81. The lowest BCUT2D eigenvalue weighted by Gasteiger charge is -2.17. The number of hydrogen-bond acceptors (Lipinski definition) is 3. The molecule has 1 aromatic carbocycles. The van der Waals surface area contributed by atoms with Crippen molar-refractivity contribution >= 4 is 0 Å². The van der Waals surface area contributed by atoms with Crippen LogP contribution in [0.4, 0.5) is 0 Å². The first-order valence-electron chi connectivity index (χ1n) is 6.79. The van der Waals surface area contributed by atoms with Gasteiger partial charge >= 0.3 is 0 Å². The fourth-order valence-electron chi connectivity index (χ4n) is 1.73. The molecule has 0 amide bonds. The lowest BCUT2D eigenvalue weighted by atomic mass is 10.1. The van der Waals surface area contributed by atoms with Gasteiger partial charge in [-0.3, -0.25) is 0 Å². The molecule has 0 aliphatic rings. The second-order valence-corrected chi connectivity index (χ2v) is 4.34. The normalized spacial score (nSPS) is 12.4. The molecule has 0 aliphatic carbocycles. The van der Waals surface area contributed by atoms with E-state index in [-0.39, 0.29) is 6.04 Å². The summed E-state index contributed by atoms with van der Waals surface area (Å²) in [6, 6.07) is 8.45. The molecule has 1 unspecified atom stereocenters. The number of ether oxygens (including phenoxy) is 2. The van der Waals surface area contributed by atoms with Crippen LogP contribution in [0.5, 0.6) is 5.75 Å². The van der Waals surface area contributed by atoms with E-state index in [0.29, 0.717) is 6.61 Å². The molecule has 102 valence electrons. The standard InChI is InChI=1S/C15H25NO2/c1-4-9-17-12-15(16-3)13-7-6-8-14(11-13)18-10-5-2/h6-8,11,15-16H,4-5,9-10,12H2,1-3H3. The third-order valence-electron chi connectivity index (χ3n) is 2.71. The van der Waals surface area contributed by atoms with Gasteiger partial charge in [0, 0.05) is 6.61 Å². The summed E-state index contributed by atoms with van der Waals surface area (Å²) in [5, 5.41) is 3.28. The lowest BCUT2D eigenvalue weighted by Crippen LogP contribution is -2.22. The highest BCUT2D eigenvalue weighted by Gasteiger charge is 2.09. The SMILES string of the molecule is CCCOCC(NC)c1cccc(OCCC)c1. The summed E-state index contributed by atoms with van der Waals surface area (Å²) in [5.74, 6) is 0.935. The number of hydrogen-bond donors (Lipinski definition) is 1. The van der Waals surface area contributed by atoms with Crippen molar-refractivity contribution in [1.29, 1.82) is 0 Å². The Morgan fingerprint density at radius 3 is 2.61 bits per heavy atom. The van der Waals surface area contributed by atoms with E-state index in [1.165, 1.54) is 5.56 Å². The van der Waals surface area contributed by atoms with Crippen molar-refractivity contribution in [2.24, 2.45) is 0 Å². The van der Waals surface area contributed by atoms with Crippen LogP contribution in [0.25, 0.3) is 0 Å². The molecule has 1 atom stereocenters. The molecule has 0 heterocycles. The maximum atomic E-state index is 5.65. The average Bonchev–Trinajstić information content (AvgIpc) is 2.42. The fraction of sp³-hybridized carbons (Fsp3) is 0.600. The highest BCUT2D eigenvalue weighted by molar-refractivity contribution is 5.30. The van der Waals surface area contributed by atoms with Crippen LogP contribution in [0.3, 0.4) is 0 Å². The molecule has 3 heteroatoms. The Morgan fingerprint density at radius 2 is 1.94 bits per heavy atom. The van der Waals surface area contributed by atoms with Gasteiger partial charge in [-0.2, -0.15) is 0 Å². The molecule has 0 aliphatic heterocycles. The van der Waals surface area contributed by atoms with Crippen molar-refractivity contribution in [3.05, 3.63) is 29.8 Å². The monoisotopic (exact) mass is 251 g/mol. The van der Waals surface area contributed by atoms with Crippen LogP contribution in [-0.2, 0) is 4.74 Å². The van der Waals surface area contributed by atoms with Gasteiger partial charge < -0.3 is 14.8 Å². The van der Waals surface area contributed by atoms with E-state index in [1.807, 2.05) is 19.2 Å². The van der Waals surface area contributed by atoms with Crippen molar-refractivity contribution in [3.63, 3.8) is 0 Å². The van der Waals surface area contributed by atoms with Gasteiger partial charge in [-0.25, -0.2) is 0 Å². The van der Waals surface area contributed by atoms with Crippen molar-refractivity contribution < 1.29 is 9.47 Å². The van der Waals surface area contributed by atoms with E-state index in [0.717, 1.165) is 31.8 Å². The molecule has 0 spiro atoms. The molecule has 1 rings (SSSR count). The third-order valence-corrected chi connectivity index (χ3v) is 2.71. The van der Waals surface area contributed by atoms with Crippen LogP contribution in [-0.4, -0.2) is 26.9 Å². The Morgan fingerprint density at radius 1 is 1.17 bits per heavy atom. The Bertz CT molecular complexity index is 328. The number of rotatable bonds is 9. The summed E-state index contributed by atoms with van der Waals surface area (Å²) in [6.07, 6.45) is 2.08. The maximum Gasteiger partial charge on any atom is 0.119 e. The predicted octanol–water partition coefficient (Wildman–Crippen LogP) is 3.16. The van der Waals surface area contributed by atoms with Gasteiger partial charge in [0.05, 0.1) is 19.3 Å². The van der Waals surface area contributed by atoms with E-state index in [9.17, 15) is 0 Å². The molecule has 0 radical (unpaired) electrons. The zero-order chi connectivity index (χ0) is 13.2.